The molecule has 4 heteroatoms. The zero-order valence-electron chi connectivity index (χ0n) is 10.0. The van der Waals surface area contributed by atoms with E-state index in [2.05, 4.69) is 21.2 Å². The molecule has 0 saturated heterocycles. The largest absolute Gasteiger partial charge is 0.483 e. The topological polar surface area (TPSA) is 38.3 Å². The molecule has 0 aromatic heterocycles. The molecule has 0 atom stereocenters. The lowest BCUT2D eigenvalue weighted by Gasteiger charge is -2.31. The van der Waals surface area contributed by atoms with E-state index in [9.17, 15) is 4.79 Å². The number of hydrogen-bond acceptors (Lipinski definition) is 2. The summed E-state index contributed by atoms with van der Waals surface area (Å²) in [7, 11) is 0. The van der Waals surface area contributed by atoms with Crippen molar-refractivity contribution in [3.05, 3.63) is 34.3 Å². The fourth-order valence-electron chi connectivity index (χ4n) is 1.83. The number of nitrogens with one attached hydrogen (secondary N) is 1. The van der Waals surface area contributed by atoms with Crippen molar-refractivity contribution in [1.29, 1.82) is 0 Å². The van der Waals surface area contributed by atoms with Gasteiger partial charge in [-0.05, 0) is 38.1 Å². The Balaban J connectivity index is 2.51. The number of amides is 1. The van der Waals surface area contributed by atoms with Gasteiger partial charge in [-0.2, -0.15) is 0 Å². The summed E-state index contributed by atoms with van der Waals surface area (Å²) in [5.41, 5.74) is 1.28. The average molecular weight is 296 g/mol. The van der Waals surface area contributed by atoms with E-state index >= 15 is 0 Å². The first-order valence-electron chi connectivity index (χ1n) is 5.37. The quantitative estimate of drug-likeness (QED) is 0.865. The number of carbonyl (C=O) groups excluding carboxylic acids is 1. The first-order valence-corrected chi connectivity index (χ1v) is 6.16. The third-order valence-electron chi connectivity index (χ3n) is 2.41. The smallest absolute Gasteiger partial charge is 0.221 e. The zero-order chi connectivity index (χ0) is 12.6. The number of carbonyl (C=O) groups is 1. The zero-order valence-corrected chi connectivity index (χ0v) is 11.6. The van der Waals surface area contributed by atoms with Crippen molar-refractivity contribution in [3.8, 4) is 5.75 Å². The maximum Gasteiger partial charge on any atom is 0.221 e. The molecule has 1 amide bonds. The second kappa shape index (κ2) is 4.18. The number of halogens is 1. The molecular weight excluding hydrogens is 282 g/mol. The Kier molecular flexibility index (Phi) is 3.00. The lowest BCUT2D eigenvalue weighted by molar-refractivity contribution is -0.117. The van der Waals surface area contributed by atoms with Gasteiger partial charge in [0.25, 0.3) is 0 Å². The van der Waals surface area contributed by atoms with Crippen molar-refractivity contribution in [1.82, 2.24) is 5.32 Å². The number of rotatable bonds is 1. The summed E-state index contributed by atoms with van der Waals surface area (Å²) in [6.07, 6.45) is 1.92. The molecule has 0 fully saturated rings. The monoisotopic (exact) mass is 295 g/mol. The predicted molar refractivity (Wildman–Crippen MR) is 70.6 cm³/mol. The first kappa shape index (κ1) is 12.2. The Bertz CT molecular complexity index is 506. The fraction of sp³-hybridized carbons (Fsp3) is 0.308. The van der Waals surface area contributed by atoms with Gasteiger partial charge in [0.05, 0.1) is 5.70 Å². The van der Waals surface area contributed by atoms with E-state index in [4.69, 9.17) is 4.74 Å². The van der Waals surface area contributed by atoms with Crippen molar-refractivity contribution in [2.24, 2.45) is 0 Å². The van der Waals surface area contributed by atoms with Gasteiger partial charge in [-0.1, -0.05) is 15.9 Å². The Morgan fingerprint density at radius 1 is 1.41 bits per heavy atom. The molecule has 3 nitrogen and oxygen atoms in total. The van der Waals surface area contributed by atoms with Crippen LogP contribution in [-0.4, -0.2) is 11.5 Å². The van der Waals surface area contributed by atoms with Crippen LogP contribution in [0.4, 0.5) is 0 Å². The molecule has 17 heavy (non-hydrogen) atoms. The molecule has 0 saturated carbocycles. The Labute approximate surface area is 109 Å². The van der Waals surface area contributed by atoms with Crippen LogP contribution in [0, 0.1) is 0 Å². The molecule has 1 heterocycles. The molecule has 1 aromatic rings. The molecule has 0 spiro atoms. The van der Waals surface area contributed by atoms with Gasteiger partial charge in [0.2, 0.25) is 5.91 Å². The van der Waals surface area contributed by atoms with Gasteiger partial charge in [0.15, 0.2) is 0 Å². The van der Waals surface area contributed by atoms with Crippen molar-refractivity contribution in [3.63, 3.8) is 0 Å². The molecule has 0 radical (unpaired) electrons. The number of fused-ring (bicyclic) bond motifs is 1. The number of hydrogen-bond donors (Lipinski definition) is 1. The molecule has 2 rings (SSSR count). The Hall–Kier alpha value is -1.29. The van der Waals surface area contributed by atoms with E-state index in [1.165, 1.54) is 6.92 Å². The summed E-state index contributed by atoms with van der Waals surface area (Å²) in [5, 5.41) is 2.84. The van der Waals surface area contributed by atoms with Crippen LogP contribution >= 0.6 is 15.9 Å². The molecule has 90 valence electrons. The lowest BCUT2D eigenvalue weighted by atomic mass is 9.99. The molecule has 1 aromatic carbocycles. The van der Waals surface area contributed by atoms with Gasteiger partial charge in [0.1, 0.15) is 11.4 Å². The standard InChI is InChI=1S/C13H14BrNO2/c1-8(16)15-11-7-13(2,3)17-12-5-4-9(14)6-10(11)12/h4-7H,1-3H3,(H,15,16). The van der Waals surface area contributed by atoms with Crippen LogP contribution in [0.1, 0.15) is 26.3 Å². The highest BCUT2D eigenvalue weighted by Crippen LogP contribution is 2.36. The van der Waals surface area contributed by atoms with E-state index < -0.39 is 5.60 Å². The minimum absolute atomic E-state index is 0.0834. The molecule has 1 N–H and O–H groups in total. The molecular formula is C13H14BrNO2. The van der Waals surface area contributed by atoms with E-state index in [-0.39, 0.29) is 5.91 Å². The number of ether oxygens (including phenoxy) is 1. The van der Waals surface area contributed by atoms with Gasteiger partial charge in [-0.3, -0.25) is 4.79 Å². The molecule has 0 unspecified atom stereocenters. The van der Waals surface area contributed by atoms with Gasteiger partial charge in [-0.15, -0.1) is 0 Å². The highest BCUT2D eigenvalue weighted by atomic mass is 79.9. The van der Waals surface area contributed by atoms with E-state index in [0.29, 0.717) is 0 Å². The fourth-order valence-corrected chi connectivity index (χ4v) is 2.19. The van der Waals surface area contributed by atoms with Crippen LogP contribution in [0.3, 0.4) is 0 Å². The van der Waals surface area contributed by atoms with Gasteiger partial charge >= 0.3 is 0 Å². The molecule has 1 aliphatic heterocycles. The Morgan fingerprint density at radius 2 is 2.12 bits per heavy atom. The lowest BCUT2D eigenvalue weighted by Crippen LogP contribution is -2.32. The van der Waals surface area contributed by atoms with Crippen LogP contribution in [0.25, 0.3) is 5.70 Å². The van der Waals surface area contributed by atoms with Crippen molar-refractivity contribution < 1.29 is 9.53 Å². The summed E-state index contributed by atoms with van der Waals surface area (Å²) < 4.78 is 6.79. The molecule has 0 aliphatic carbocycles. The summed E-state index contributed by atoms with van der Waals surface area (Å²) >= 11 is 3.42. The van der Waals surface area contributed by atoms with E-state index in [0.717, 1.165) is 21.5 Å². The average Bonchev–Trinajstić information content (AvgIpc) is 2.17. The molecule has 1 aliphatic rings. The van der Waals surface area contributed by atoms with Gasteiger partial charge in [-0.25, -0.2) is 0 Å². The Morgan fingerprint density at radius 3 is 2.76 bits per heavy atom. The third-order valence-corrected chi connectivity index (χ3v) is 2.90. The maximum absolute atomic E-state index is 11.2. The predicted octanol–water partition coefficient (Wildman–Crippen LogP) is 3.10. The first-order chi connectivity index (χ1) is 7.87. The summed E-state index contributed by atoms with van der Waals surface area (Å²) in [6.45, 7) is 5.42. The van der Waals surface area contributed by atoms with Crippen LogP contribution in [-0.2, 0) is 4.79 Å². The second-order valence-corrected chi connectivity index (χ2v) is 5.50. The van der Waals surface area contributed by atoms with Crippen molar-refractivity contribution in [2.75, 3.05) is 0 Å². The summed E-state index contributed by atoms with van der Waals surface area (Å²) in [4.78, 5) is 11.2. The van der Waals surface area contributed by atoms with Crippen LogP contribution in [0.15, 0.2) is 28.7 Å². The van der Waals surface area contributed by atoms with Gasteiger partial charge in [0, 0.05) is 17.0 Å². The third kappa shape index (κ3) is 2.69. The van der Waals surface area contributed by atoms with Crippen LogP contribution in [0.5, 0.6) is 5.75 Å². The second-order valence-electron chi connectivity index (χ2n) is 4.59. The minimum atomic E-state index is -0.418. The normalized spacial score (nSPS) is 16.6. The number of benzene rings is 1. The van der Waals surface area contributed by atoms with E-state index in [1.54, 1.807) is 0 Å². The highest BCUT2D eigenvalue weighted by Gasteiger charge is 2.26. The van der Waals surface area contributed by atoms with Crippen molar-refractivity contribution >= 4 is 27.5 Å². The SMILES string of the molecule is CC(=O)NC1=CC(C)(C)Oc2ccc(Br)cc21. The molecule has 0 bridgehead atoms. The van der Waals surface area contributed by atoms with E-state index in [1.807, 2.05) is 38.1 Å². The van der Waals surface area contributed by atoms with Crippen molar-refractivity contribution in [2.45, 2.75) is 26.4 Å². The maximum atomic E-state index is 11.2. The van der Waals surface area contributed by atoms with Crippen LogP contribution < -0.4 is 10.1 Å². The summed E-state index contributed by atoms with van der Waals surface area (Å²) in [5.74, 6) is 0.698. The summed E-state index contributed by atoms with van der Waals surface area (Å²) in [6, 6.07) is 5.76. The van der Waals surface area contributed by atoms with Gasteiger partial charge < -0.3 is 10.1 Å². The highest BCUT2D eigenvalue weighted by molar-refractivity contribution is 9.10. The van der Waals surface area contributed by atoms with Crippen LogP contribution in [0.2, 0.25) is 0 Å². The minimum Gasteiger partial charge on any atom is -0.483 e.